The number of aryl methyl sites for hydroxylation is 2. The number of likely N-dealkylation sites (N-methyl/N-ethyl adjacent to an activating group) is 1. The summed E-state index contributed by atoms with van der Waals surface area (Å²) in [5, 5.41) is 3.30. The van der Waals surface area contributed by atoms with E-state index in [9.17, 15) is 0 Å². The van der Waals surface area contributed by atoms with E-state index in [0.29, 0.717) is 0 Å². The molecule has 0 aromatic heterocycles. The van der Waals surface area contributed by atoms with Crippen molar-refractivity contribution in [2.24, 2.45) is 0 Å². The minimum Gasteiger partial charge on any atom is -0.489 e. The van der Waals surface area contributed by atoms with Gasteiger partial charge in [-0.25, -0.2) is 0 Å². The third-order valence-corrected chi connectivity index (χ3v) is 2.87. The Morgan fingerprint density at radius 1 is 1.19 bits per heavy atom. The highest BCUT2D eigenvalue weighted by atomic mass is 16.5. The molecule has 0 spiro atoms. The lowest BCUT2D eigenvalue weighted by Gasteiger charge is -2.19. The standard InChI is InChI=1S/C14H23NO/c1-6-15-9-12(4)16-14-11(3)8-7-10(2)13(14)5/h7-8,12,15H,6,9H2,1-5H3. The first-order valence-corrected chi connectivity index (χ1v) is 6.00. The van der Waals surface area contributed by atoms with E-state index in [-0.39, 0.29) is 6.10 Å². The maximum Gasteiger partial charge on any atom is 0.125 e. The molecular formula is C14H23NO. The molecule has 1 atom stereocenters. The van der Waals surface area contributed by atoms with Crippen LogP contribution in [0.5, 0.6) is 5.75 Å². The summed E-state index contributed by atoms with van der Waals surface area (Å²) in [5.74, 6) is 1.05. The van der Waals surface area contributed by atoms with Crippen LogP contribution in [-0.4, -0.2) is 19.2 Å². The van der Waals surface area contributed by atoms with Crippen molar-refractivity contribution in [3.8, 4) is 5.75 Å². The minimum absolute atomic E-state index is 0.208. The van der Waals surface area contributed by atoms with Crippen molar-refractivity contribution in [2.75, 3.05) is 13.1 Å². The number of hydrogen-bond donors (Lipinski definition) is 1. The summed E-state index contributed by atoms with van der Waals surface area (Å²) in [6, 6.07) is 4.27. The van der Waals surface area contributed by atoms with E-state index in [4.69, 9.17) is 4.74 Å². The molecule has 90 valence electrons. The van der Waals surface area contributed by atoms with Crippen molar-refractivity contribution in [3.05, 3.63) is 28.8 Å². The molecule has 0 heterocycles. The van der Waals surface area contributed by atoms with E-state index in [2.05, 4.69) is 52.1 Å². The van der Waals surface area contributed by atoms with E-state index < -0.39 is 0 Å². The first-order chi connectivity index (χ1) is 7.56. The SMILES string of the molecule is CCNCC(C)Oc1c(C)ccc(C)c1C. The summed E-state index contributed by atoms with van der Waals surface area (Å²) >= 11 is 0. The Hall–Kier alpha value is -1.02. The summed E-state index contributed by atoms with van der Waals surface area (Å²) < 4.78 is 6.00. The second kappa shape index (κ2) is 5.90. The molecule has 1 rings (SSSR count). The molecule has 0 aliphatic heterocycles. The van der Waals surface area contributed by atoms with Crippen LogP contribution < -0.4 is 10.1 Å². The third-order valence-electron chi connectivity index (χ3n) is 2.87. The lowest BCUT2D eigenvalue weighted by atomic mass is 10.1. The van der Waals surface area contributed by atoms with Crippen LogP contribution in [0.2, 0.25) is 0 Å². The van der Waals surface area contributed by atoms with Gasteiger partial charge in [-0.1, -0.05) is 19.1 Å². The molecular weight excluding hydrogens is 198 g/mol. The molecule has 1 aromatic carbocycles. The number of hydrogen-bond acceptors (Lipinski definition) is 2. The fourth-order valence-electron chi connectivity index (χ4n) is 1.70. The first kappa shape index (κ1) is 13.0. The molecule has 2 heteroatoms. The van der Waals surface area contributed by atoms with Crippen LogP contribution in [0.4, 0.5) is 0 Å². The van der Waals surface area contributed by atoms with E-state index in [1.54, 1.807) is 0 Å². The Morgan fingerprint density at radius 3 is 2.44 bits per heavy atom. The summed E-state index contributed by atoms with van der Waals surface area (Å²) in [6.45, 7) is 12.4. The van der Waals surface area contributed by atoms with Gasteiger partial charge in [-0.3, -0.25) is 0 Å². The van der Waals surface area contributed by atoms with Crippen molar-refractivity contribution in [3.63, 3.8) is 0 Å². The summed E-state index contributed by atoms with van der Waals surface area (Å²) in [5.41, 5.74) is 3.76. The van der Waals surface area contributed by atoms with Gasteiger partial charge in [0.2, 0.25) is 0 Å². The van der Waals surface area contributed by atoms with Crippen molar-refractivity contribution in [1.82, 2.24) is 5.32 Å². The van der Waals surface area contributed by atoms with Crippen LogP contribution in [0, 0.1) is 20.8 Å². The van der Waals surface area contributed by atoms with Crippen LogP contribution in [0.1, 0.15) is 30.5 Å². The topological polar surface area (TPSA) is 21.3 Å². The van der Waals surface area contributed by atoms with E-state index in [1.807, 2.05) is 0 Å². The number of nitrogens with one attached hydrogen (secondary N) is 1. The maximum absolute atomic E-state index is 6.00. The minimum atomic E-state index is 0.208. The zero-order valence-corrected chi connectivity index (χ0v) is 11.1. The van der Waals surface area contributed by atoms with Crippen LogP contribution in [-0.2, 0) is 0 Å². The summed E-state index contributed by atoms with van der Waals surface area (Å²) in [6.07, 6.45) is 0.208. The molecule has 0 amide bonds. The van der Waals surface area contributed by atoms with Gasteiger partial charge in [0.15, 0.2) is 0 Å². The largest absolute Gasteiger partial charge is 0.489 e. The average Bonchev–Trinajstić information content (AvgIpc) is 2.27. The predicted octanol–water partition coefficient (Wildman–Crippen LogP) is 2.99. The maximum atomic E-state index is 6.00. The number of ether oxygens (including phenoxy) is 1. The molecule has 1 N–H and O–H groups in total. The third kappa shape index (κ3) is 3.24. The lowest BCUT2D eigenvalue weighted by molar-refractivity contribution is 0.215. The van der Waals surface area contributed by atoms with Crippen LogP contribution in [0.3, 0.4) is 0 Å². The monoisotopic (exact) mass is 221 g/mol. The highest BCUT2D eigenvalue weighted by Crippen LogP contribution is 2.26. The Balaban J connectivity index is 2.76. The van der Waals surface area contributed by atoms with Gasteiger partial charge in [-0.05, 0) is 50.9 Å². The highest BCUT2D eigenvalue weighted by Gasteiger charge is 2.09. The normalized spacial score (nSPS) is 12.6. The molecule has 0 fully saturated rings. The van der Waals surface area contributed by atoms with Crippen LogP contribution in [0.15, 0.2) is 12.1 Å². The zero-order valence-electron chi connectivity index (χ0n) is 11.1. The highest BCUT2D eigenvalue weighted by molar-refractivity contribution is 5.44. The predicted molar refractivity (Wildman–Crippen MR) is 69.3 cm³/mol. The summed E-state index contributed by atoms with van der Waals surface area (Å²) in [4.78, 5) is 0. The van der Waals surface area contributed by atoms with Gasteiger partial charge in [0.1, 0.15) is 11.9 Å². The zero-order chi connectivity index (χ0) is 12.1. The molecule has 0 radical (unpaired) electrons. The van der Waals surface area contributed by atoms with Gasteiger partial charge in [0.05, 0.1) is 0 Å². The van der Waals surface area contributed by atoms with Crippen molar-refractivity contribution in [1.29, 1.82) is 0 Å². The van der Waals surface area contributed by atoms with Gasteiger partial charge in [-0.2, -0.15) is 0 Å². The molecule has 0 bridgehead atoms. The second-order valence-electron chi connectivity index (χ2n) is 4.39. The molecule has 0 aliphatic carbocycles. The Labute approximate surface area is 99.0 Å². The van der Waals surface area contributed by atoms with Crippen molar-refractivity contribution in [2.45, 2.75) is 40.7 Å². The lowest BCUT2D eigenvalue weighted by Crippen LogP contribution is -2.29. The fraction of sp³-hybridized carbons (Fsp3) is 0.571. The molecule has 0 saturated carbocycles. The fourth-order valence-corrected chi connectivity index (χ4v) is 1.70. The average molecular weight is 221 g/mol. The van der Waals surface area contributed by atoms with Crippen molar-refractivity contribution >= 4 is 0 Å². The summed E-state index contributed by atoms with van der Waals surface area (Å²) in [7, 11) is 0. The van der Waals surface area contributed by atoms with Gasteiger partial charge < -0.3 is 10.1 Å². The second-order valence-corrected chi connectivity index (χ2v) is 4.39. The molecule has 2 nitrogen and oxygen atoms in total. The van der Waals surface area contributed by atoms with Crippen molar-refractivity contribution < 1.29 is 4.74 Å². The van der Waals surface area contributed by atoms with Gasteiger partial charge >= 0.3 is 0 Å². The van der Waals surface area contributed by atoms with Crippen LogP contribution >= 0.6 is 0 Å². The Bertz CT molecular complexity index is 347. The number of rotatable bonds is 5. The van der Waals surface area contributed by atoms with Gasteiger partial charge in [0, 0.05) is 6.54 Å². The van der Waals surface area contributed by atoms with Crippen LogP contribution in [0.25, 0.3) is 0 Å². The molecule has 16 heavy (non-hydrogen) atoms. The van der Waals surface area contributed by atoms with Gasteiger partial charge in [0.25, 0.3) is 0 Å². The quantitative estimate of drug-likeness (QED) is 0.825. The van der Waals surface area contributed by atoms with Gasteiger partial charge in [-0.15, -0.1) is 0 Å². The number of benzene rings is 1. The molecule has 0 saturated heterocycles. The van der Waals surface area contributed by atoms with E-state index >= 15 is 0 Å². The van der Waals surface area contributed by atoms with E-state index in [1.165, 1.54) is 16.7 Å². The Morgan fingerprint density at radius 2 is 1.81 bits per heavy atom. The smallest absolute Gasteiger partial charge is 0.125 e. The van der Waals surface area contributed by atoms with E-state index in [0.717, 1.165) is 18.8 Å². The first-order valence-electron chi connectivity index (χ1n) is 6.00. The molecule has 1 aromatic rings. The Kier molecular flexibility index (Phi) is 4.81. The molecule has 1 unspecified atom stereocenters. The molecule has 0 aliphatic rings.